The highest BCUT2D eigenvalue weighted by Gasteiger charge is 2.17. The van der Waals surface area contributed by atoms with Gasteiger partial charge in [-0.25, -0.2) is 0 Å². The van der Waals surface area contributed by atoms with Crippen LogP contribution in [0.3, 0.4) is 0 Å². The van der Waals surface area contributed by atoms with E-state index >= 15 is 0 Å². The second-order valence-corrected chi connectivity index (χ2v) is 15.3. The Labute approximate surface area is 347 Å². The first-order valence-electron chi connectivity index (χ1n) is 23.5. The molecule has 1 unspecified atom stereocenters. The lowest BCUT2D eigenvalue weighted by molar-refractivity contribution is -0.163. The number of unbranched alkanes of at least 4 members (excludes halogenated alkanes) is 19. The predicted octanol–water partition coefficient (Wildman–Crippen LogP) is 15.6. The molecule has 0 aliphatic carbocycles. The van der Waals surface area contributed by atoms with E-state index in [0.29, 0.717) is 19.4 Å². The van der Waals surface area contributed by atoms with Crippen LogP contribution in [-0.4, -0.2) is 37.9 Å². The van der Waals surface area contributed by atoms with Crippen LogP contribution in [0.25, 0.3) is 0 Å². The van der Waals surface area contributed by atoms with Crippen molar-refractivity contribution in [2.75, 3.05) is 19.8 Å². The minimum absolute atomic E-state index is 0.0631. The Morgan fingerprint density at radius 3 is 1.38 bits per heavy atom. The Hall–Kier alpha value is -2.66. The largest absolute Gasteiger partial charge is 0.462 e. The van der Waals surface area contributed by atoms with Crippen LogP contribution in [0.1, 0.15) is 213 Å². The first kappa shape index (κ1) is 53.3. The lowest BCUT2D eigenvalue weighted by Gasteiger charge is -2.18. The number of rotatable bonds is 42. The van der Waals surface area contributed by atoms with E-state index in [-0.39, 0.29) is 25.2 Å². The van der Waals surface area contributed by atoms with Crippen molar-refractivity contribution in [3.63, 3.8) is 0 Å². The van der Waals surface area contributed by atoms with Gasteiger partial charge in [-0.05, 0) is 103 Å². The number of esters is 2. The quantitative estimate of drug-likeness (QED) is 0.0351. The van der Waals surface area contributed by atoms with Gasteiger partial charge < -0.3 is 14.2 Å². The molecule has 0 saturated heterocycles. The molecular formula is C51H88O5. The van der Waals surface area contributed by atoms with Crippen LogP contribution in [-0.2, 0) is 23.8 Å². The zero-order valence-corrected chi connectivity index (χ0v) is 36.9. The maximum absolute atomic E-state index is 12.7. The summed E-state index contributed by atoms with van der Waals surface area (Å²) in [6.07, 6.45) is 59.0. The molecule has 5 heteroatoms. The molecule has 0 spiro atoms. The van der Waals surface area contributed by atoms with Gasteiger partial charge in [-0.15, -0.1) is 0 Å². The Morgan fingerprint density at radius 2 is 0.839 bits per heavy atom. The number of hydrogen-bond acceptors (Lipinski definition) is 5. The Kier molecular flexibility index (Phi) is 44.5. The van der Waals surface area contributed by atoms with Gasteiger partial charge >= 0.3 is 11.9 Å². The third kappa shape index (κ3) is 44.1. The van der Waals surface area contributed by atoms with Crippen LogP contribution < -0.4 is 0 Å². The highest BCUT2D eigenvalue weighted by atomic mass is 16.6. The lowest BCUT2D eigenvalue weighted by atomic mass is 10.1. The van der Waals surface area contributed by atoms with Crippen molar-refractivity contribution in [3.8, 4) is 0 Å². The number of carbonyl (C=O) groups excluding carboxylic acids is 2. The maximum atomic E-state index is 12.7. The van der Waals surface area contributed by atoms with Gasteiger partial charge in [0.15, 0.2) is 6.10 Å². The van der Waals surface area contributed by atoms with Gasteiger partial charge in [0.05, 0.1) is 6.61 Å². The Balaban J connectivity index is 4.34. The molecule has 0 saturated carbocycles. The van der Waals surface area contributed by atoms with Gasteiger partial charge in [-0.1, -0.05) is 171 Å². The Bertz CT molecular complexity index is 1020. The second kappa shape index (κ2) is 46.7. The van der Waals surface area contributed by atoms with Crippen molar-refractivity contribution in [2.24, 2.45) is 0 Å². The van der Waals surface area contributed by atoms with Crippen LogP contribution >= 0.6 is 0 Å². The molecule has 0 heterocycles. The molecule has 0 fully saturated rings. The van der Waals surface area contributed by atoms with Crippen LogP contribution in [0.5, 0.6) is 0 Å². The topological polar surface area (TPSA) is 61.8 Å². The summed E-state index contributed by atoms with van der Waals surface area (Å²) in [5.41, 5.74) is 0. The summed E-state index contributed by atoms with van der Waals surface area (Å²) in [6.45, 7) is 7.56. The lowest BCUT2D eigenvalue weighted by Crippen LogP contribution is -2.30. The van der Waals surface area contributed by atoms with Crippen molar-refractivity contribution in [3.05, 3.63) is 72.9 Å². The highest BCUT2D eigenvalue weighted by Crippen LogP contribution is 2.12. The molecule has 0 aromatic carbocycles. The SMILES string of the molecule is CC/C=C\C/C=C\C/C=C\CCCCCCOCC(COC(=O)CCCCCCC/C=C\C/C=C\CCC)OC(=O)CCCCCCC/C=C\CCCCCC. The van der Waals surface area contributed by atoms with E-state index in [1.54, 1.807) is 0 Å². The van der Waals surface area contributed by atoms with E-state index in [9.17, 15) is 9.59 Å². The van der Waals surface area contributed by atoms with Gasteiger partial charge in [-0.3, -0.25) is 9.59 Å². The molecule has 0 N–H and O–H groups in total. The summed E-state index contributed by atoms with van der Waals surface area (Å²) in [5, 5.41) is 0. The average Bonchev–Trinajstić information content (AvgIpc) is 3.20. The molecule has 1 atom stereocenters. The fourth-order valence-corrected chi connectivity index (χ4v) is 6.20. The van der Waals surface area contributed by atoms with Crippen LogP contribution in [0.4, 0.5) is 0 Å². The van der Waals surface area contributed by atoms with Crippen LogP contribution in [0, 0.1) is 0 Å². The molecule has 0 rings (SSSR count). The van der Waals surface area contributed by atoms with E-state index in [1.807, 2.05) is 0 Å². The van der Waals surface area contributed by atoms with Crippen molar-refractivity contribution in [1.29, 1.82) is 0 Å². The van der Waals surface area contributed by atoms with Crippen molar-refractivity contribution >= 4 is 11.9 Å². The van der Waals surface area contributed by atoms with Gasteiger partial charge in [-0.2, -0.15) is 0 Å². The molecule has 0 aliphatic heterocycles. The highest BCUT2D eigenvalue weighted by molar-refractivity contribution is 5.70. The van der Waals surface area contributed by atoms with E-state index in [4.69, 9.17) is 14.2 Å². The van der Waals surface area contributed by atoms with Gasteiger partial charge in [0.25, 0.3) is 0 Å². The van der Waals surface area contributed by atoms with Crippen molar-refractivity contribution in [2.45, 2.75) is 219 Å². The van der Waals surface area contributed by atoms with Crippen LogP contribution in [0.2, 0.25) is 0 Å². The van der Waals surface area contributed by atoms with E-state index in [0.717, 1.165) is 103 Å². The fraction of sp³-hybridized carbons (Fsp3) is 0.725. The molecule has 0 radical (unpaired) electrons. The monoisotopic (exact) mass is 781 g/mol. The van der Waals surface area contributed by atoms with Gasteiger partial charge in [0, 0.05) is 19.4 Å². The number of ether oxygens (including phenoxy) is 3. The minimum atomic E-state index is -0.558. The molecule has 5 nitrogen and oxygen atoms in total. The van der Waals surface area contributed by atoms with Gasteiger partial charge in [0.2, 0.25) is 0 Å². The molecule has 0 bridgehead atoms. The number of allylic oxidation sites excluding steroid dienone is 12. The molecule has 0 amide bonds. The standard InChI is InChI=1S/C51H88O5/c1-4-7-10-13-16-19-22-25-28-31-34-37-40-43-46-54-47-49(56-51(53)45-42-39-36-33-30-27-24-21-18-15-12-9-6-3)48-55-50(52)44-41-38-35-32-29-26-23-20-17-14-11-8-5-2/h7,10-11,14,16,19-21,23-25,28,49H,4-6,8-9,12-13,15,17-18,22,26-27,29-48H2,1-3H3/b10-7-,14-11-,19-16-,23-20-,24-21-,28-25-. The minimum Gasteiger partial charge on any atom is -0.462 e. The molecular weight excluding hydrogens is 693 g/mol. The summed E-state index contributed by atoms with van der Waals surface area (Å²) in [7, 11) is 0. The molecule has 56 heavy (non-hydrogen) atoms. The van der Waals surface area contributed by atoms with E-state index in [2.05, 4.69) is 93.7 Å². The number of hydrogen-bond donors (Lipinski definition) is 0. The fourth-order valence-electron chi connectivity index (χ4n) is 6.20. The third-order valence-corrected chi connectivity index (χ3v) is 9.68. The smallest absolute Gasteiger partial charge is 0.306 e. The number of carbonyl (C=O) groups is 2. The van der Waals surface area contributed by atoms with Gasteiger partial charge in [0.1, 0.15) is 6.61 Å². The zero-order chi connectivity index (χ0) is 40.7. The van der Waals surface area contributed by atoms with Crippen LogP contribution in [0.15, 0.2) is 72.9 Å². The summed E-state index contributed by atoms with van der Waals surface area (Å²) < 4.78 is 17.3. The molecule has 0 aliphatic rings. The van der Waals surface area contributed by atoms with E-state index < -0.39 is 6.10 Å². The third-order valence-electron chi connectivity index (χ3n) is 9.68. The summed E-state index contributed by atoms with van der Waals surface area (Å²) >= 11 is 0. The summed E-state index contributed by atoms with van der Waals surface area (Å²) in [4.78, 5) is 25.3. The van der Waals surface area contributed by atoms with Crippen molar-refractivity contribution < 1.29 is 23.8 Å². The Morgan fingerprint density at radius 1 is 0.411 bits per heavy atom. The predicted molar refractivity (Wildman–Crippen MR) is 242 cm³/mol. The van der Waals surface area contributed by atoms with E-state index in [1.165, 1.54) is 77.0 Å². The summed E-state index contributed by atoms with van der Waals surface area (Å²) in [5.74, 6) is -0.439. The zero-order valence-electron chi connectivity index (χ0n) is 36.9. The van der Waals surface area contributed by atoms with Crippen molar-refractivity contribution in [1.82, 2.24) is 0 Å². The average molecular weight is 781 g/mol. The summed E-state index contributed by atoms with van der Waals surface area (Å²) in [6, 6.07) is 0. The molecule has 0 aromatic heterocycles. The normalized spacial score (nSPS) is 12.8. The first-order chi connectivity index (χ1) is 27.6. The molecule has 0 aromatic rings. The maximum Gasteiger partial charge on any atom is 0.306 e. The first-order valence-corrected chi connectivity index (χ1v) is 23.5. The molecule has 322 valence electrons. The second-order valence-electron chi connectivity index (χ2n) is 15.3.